The Morgan fingerprint density at radius 2 is 2.21 bits per heavy atom. The Morgan fingerprint density at radius 1 is 1.32 bits per heavy atom. The predicted octanol–water partition coefficient (Wildman–Crippen LogP) is 2.12. The second kappa shape index (κ2) is 4.81. The summed E-state index contributed by atoms with van der Waals surface area (Å²) in [6.07, 6.45) is 6.61. The normalized spacial score (nSPS) is 10.6. The topological polar surface area (TPSA) is 81.7 Å². The molecule has 0 fully saturated rings. The second-order valence-corrected chi connectivity index (χ2v) is 4.45. The van der Waals surface area contributed by atoms with Crippen LogP contribution < -0.4 is 5.32 Å². The van der Waals surface area contributed by atoms with Crippen molar-refractivity contribution < 1.29 is 4.42 Å². The van der Waals surface area contributed by atoms with E-state index in [9.17, 15) is 0 Å². The smallest absolute Gasteiger partial charge is 0.240 e. The van der Waals surface area contributed by atoms with Gasteiger partial charge in [-0.25, -0.2) is 4.98 Å². The van der Waals surface area contributed by atoms with Crippen LogP contribution in [0.5, 0.6) is 0 Å². The molecule has 19 heavy (non-hydrogen) atoms. The summed E-state index contributed by atoms with van der Waals surface area (Å²) in [6.45, 7) is 0. The van der Waals surface area contributed by atoms with Crippen LogP contribution in [-0.4, -0.2) is 31.6 Å². The van der Waals surface area contributed by atoms with Crippen molar-refractivity contribution >= 4 is 21.9 Å². The van der Waals surface area contributed by atoms with Gasteiger partial charge in [0.25, 0.3) is 0 Å². The molecule has 0 aliphatic carbocycles. The van der Waals surface area contributed by atoms with E-state index in [1.165, 1.54) is 0 Å². The van der Waals surface area contributed by atoms with Gasteiger partial charge in [0, 0.05) is 19.4 Å². The fourth-order valence-electron chi connectivity index (χ4n) is 1.52. The van der Waals surface area contributed by atoms with Crippen molar-refractivity contribution in [1.29, 1.82) is 0 Å². The maximum absolute atomic E-state index is 5.37. The highest BCUT2D eigenvalue weighted by atomic mass is 79.9. The summed E-state index contributed by atoms with van der Waals surface area (Å²) in [6, 6.07) is 1.79. The van der Waals surface area contributed by atoms with E-state index in [1.54, 1.807) is 42.7 Å². The molecule has 0 amide bonds. The van der Waals surface area contributed by atoms with Gasteiger partial charge in [0.15, 0.2) is 5.76 Å². The Bertz CT molecular complexity index is 693. The number of furan rings is 1. The Hall–Kier alpha value is -2.22. The third-order valence-electron chi connectivity index (χ3n) is 2.40. The molecule has 3 aromatic rings. The quantitative estimate of drug-likeness (QED) is 0.796. The summed E-state index contributed by atoms with van der Waals surface area (Å²) in [5.74, 6) is 1.92. The molecule has 96 valence electrons. The molecule has 0 atom stereocenters. The Morgan fingerprint density at radius 3 is 2.84 bits per heavy atom. The molecule has 0 bridgehead atoms. The highest BCUT2D eigenvalue weighted by Crippen LogP contribution is 2.27. The highest BCUT2D eigenvalue weighted by molar-refractivity contribution is 9.10. The summed E-state index contributed by atoms with van der Waals surface area (Å²) in [7, 11) is 1.74. The molecule has 0 aliphatic heterocycles. The van der Waals surface area contributed by atoms with Crippen molar-refractivity contribution in [2.24, 2.45) is 0 Å². The van der Waals surface area contributed by atoms with Crippen LogP contribution in [0.25, 0.3) is 17.5 Å². The van der Waals surface area contributed by atoms with Gasteiger partial charge < -0.3 is 9.73 Å². The molecule has 0 saturated heterocycles. The predicted molar refractivity (Wildman–Crippen MR) is 71.9 cm³/mol. The van der Waals surface area contributed by atoms with Gasteiger partial charge in [0.2, 0.25) is 17.7 Å². The van der Waals surface area contributed by atoms with Gasteiger partial charge in [-0.3, -0.25) is 4.57 Å². The zero-order chi connectivity index (χ0) is 13.2. The molecule has 0 radical (unpaired) electrons. The van der Waals surface area contributed by atoms with E-state index in [4.69, 9.17) is 4.42 Å². The monoisotopic (exact) mass is 320 g/mol. The van der Waals surface area contributed by atoms with Crippen LogP contribution in [0.2, 0.25) is 0 Å². The van der Waals surface area contributed by atoms with Crippen LogP contribution in [0.4, 0.5) is 5.95 Å². The van der Waals surface area contributed by atoms with Crippen LogP contribution in [0.3, 0.4) is 0 Å². The van der Waals surface area contributed by atoms with Gasteiger partial charge in [0.1, 0.15) is 6.33 Å². The average molecular weight is 321 g/mol. The van der Waals surface area contributed by atoms with E-state index in [0.29, 0.717) is 23.5 Å². The lowest BCUT2D eigenvalue weighted by Crippen LogP contribution is -2.06. The number of halogens is 1. The van der Waals surface area contributed by atoms with Gasteiger partial charge in [-0.1, -0.05) is 0 Å². The molecule has 0 spiro atoms. The van der Waals surface area contributed by atoms with Gasteiger partial charge >= 0.3 is 0 Å². The van der Waals surface area contributed by atoms with Gasteiger partial charge in [-0.15, -0.1) is 0 Å². The molecule has 0 saturated carbocycles. The lowest BCUT2D eigenvalue weighted by molar-refractivity contribution is 0.575. The summed E-state index contributed by atoms with van der Waals surface area (Å²) in [5, 5.41) is 2.90. The average Bonchev–Trinajstić information content (AvgIpc) is 3.09. The number of rotatable bonds is 3. The maximum Gasteiger partial charge on any atom is 0.240 e. The molecule has 3 rings (SSSR count). The van der Waals surface area contributed by atoms with Crippen LogP contribution >= 0.6 is 15.9 Å². The van der Waals surface area contributed by atoms with Gasteiger partial charge in [-0.05, 0) is 22.0 Å². The Kier molecular flexibility index (Phi) is 3.00. The van der Waals surface area contributed by atoms with Crippen molar-refractivity contribution in [3.05, 3.63) is 35.5 Å². The molecule has 8 heteroatoms. The van der Waals surface area contributed by atoms with Gasteiger partial charge in [0.05, 0.1) is 10.7 Å². The van der Waals surface area contributed by atoms with Crippen molar-refractivity contribution in [2.75, 3.05) is 12.4 Å². The maximum atomic E-state index is 5.37. The SMILES string of the molecule is CNc1nc(-c2occc2Br)nc(-n2ccnc2)n1. The molecule has 0 aromatic carbocycles. The second-order valence-electron chi connectivity index (χ2n) is 3.60. The zero-order valence-electron chi connectivity index (χ0n) is 9.91. The van der Waals surface area contributed by atoms with E-state index in [-0.39, 0.29) is 0 Å². The number of nitrogens with one attached hydrogen (secondary N) is 1. The van der Waals surface area contributed by atoms with Crippen LogP contribution in [0.1, 0.15) is 0 Å². The van der Waals surface area contributed by atoms with Crippen molar-refractivity contribution in [2.45, 2.75) is 0 Å². The third-order valence-corrected chi connectivity index (χ3v) is 3.03. The lowest BCUT2D eigenvalue weighted by atomic mass is 10.4. The summed E-state index contributed by atoms with van der Waals surface area (Å²) in [4.78, 5) is 16.9. The highest BCUT2D eigenvalue weighted by Gasteiger charge is 2.14. The Labute approximate surface area is 116 Å². The molecular weight excluding hydrogens is 312 g/mol. The van der Waals surface area contributed by atoms with Crippen molar-refractivity contribution in [3.8, 4) is 17.5 Å². The summed E-state index contributed by atoms with van der Waals surface area (Å²) < 4.78 is 7.86. The largest absolute Gasteiger partial charge is 0.460 e. The first-order valence-corrected chi connectivity index (χ1v) is 6.23. The molecule has 1 N–H and O–H groups in total. The number of hydrogen-bond donors (Lipinski definition) is 1. The van der Waals surface area contributed by atoms with Crippen molar-refractivity contribution in [3.63, 3.8) is 0 Å². The lowest BCUT2D eigenvalue weighted by Gasteiger charge is -2.05. The molecule has 0 unspecified atom stereocenters. The standard InChI is InChI=1S/C11H9BrN6O/c1-13-10-15-9(8-7(12)2-5-19-8)16-11(17-10)18-4-3-14-6-18/h2-6H,1H3,(H,13,15,16,17). The van der Waals surface area contributed by atoms with E-state index in [0.717, 1.165) is 4.47 Å². The number of aromatic nitrogens is 5. The zero-order valence-corrected chi connectivity index (χ0v) is 11.5. The fourth-order valence-corrected chi connectivity index (χ4v) is 1.90. The van der Waals surface area contributed by atoms with Gasteiger partial charge in [-0.2, -0.15) is 15.0 Å². The summed E-state index contributed by atoms with van der Waals surface area (Å²) in [5.41, 5.74) is 0. The van der Waals surface area contributed by atoms with E-state index in [2.05, 4.69) is 41.2 Å². The molecule has 7 nitrogen and oxygen atoms in total. The number of nitrogens with zero attached hydrogens (tertiary/aromatic N) is 5. The summed E-state index contributed by atoms with van der Waals surface area (Å²) >= 11 is 3.39. The van der Waals surface area contributed by atoms with Crippen molar-refractivity contribution in [1.82, 2.24) is 24.5 Å². The first-order valence-electron chi connectivity index (χ1n) is 5.43. The Balaban J connectivity index is 2.16. The minimum atomic E-state index is 0.444. The van der Waals surface area contributed by atoms with E-state index >= 15 is 0 Å². The molecule has 3 aromatic heterocycles. The number of anilines is 1. The first-order chi connectivity index (χ1) is 9.28. The minimum Gasteiger partial charge on any atom is -0.460 e. The first kappa shape index (κ1) is 11.8. The fraction of sp³-hybridized carbons (Fsp3) is 0.0909. The van der Waals surface area contributed by atoms with E-state index < -0.39 is 0 Å². The molecule has 3 heterocycles. The number of imidazole rings is 1. The van der Waals surface area contributed by atoms with Crippen LogP contribution in [0.15, 0.2) is 39.9 Å². The molecular formula is C11H9BrN6O. The molecule has 0 aliphatic rings. The van der Waals surface area contributed by atoms with Crippen LogP contribution in [-0.2, 0) is 0 Å². The van der Waals surface area contributed by atoms with Crippen LogP contribution in [0, 0.1) is 0 Å². The minimum absolute atomic E-state index is 0.444. The number of hydrogen-bond acceptors (Lipinski definition) is 6. The van der Waals surface area contributed by atoms with E-state index in [1.807, 2.05) is 0 Å². The third kappa shape index (κ3) is 2.22.